The molecule has 0 aliphatic carbocycles. The molecular formula is C15H22FNO. The van der Waals surface area contributed by atoms with E-state index in [1.807, 2.05) is 19.1 Å². The first-order valence-corrected chi connectivity index (χ1v) is 6.32. The van der Waals surface area contributed by atoms with Gasteiger partial charge in [-0.25, -0.2) is 4.39 Å². The van der Waals surface area contributed by atoms with Crippen LogP contribution in [-0.4, -0.2) is 26.8 Å². The van der Waals surface area contributed by atoms with Gasteiger partial charge in [-0.3, -0.25) is 0 Å². The predicted octanol–water partition coefficient (Wildman–Crippen LogP) is 2.94. The highest BCUT2D eigenvalue weighted by Crippen LogP contribution is 2.12. The number of benzene rings is 1. The van der Waals surface area contributed by atoms with Crippen molar-refractivity contribution in [2.24, 2.45) is 0 Å². The van der Waals surface area contributed by atoms with Crippen molar-refractivity contribution in [1.82, 2.24) is 5.32 Å². The van der Waals surface area contributed by atoms with Gasteiger partial charge in [0, 0.05) is 13.7 Å². The summed E-state index contributed by atoms with van der Waals surface area (Å²) < 4.78 is 18.4. The Morgan fingerprint density at radius 1 is 1.33 bits per heavy atom. The number of ether oxygens (including phenoxy) is 1. The van der Waals surface area contributed by atoms with E-state index in [9.17, 15) is 4.39 Å². The average Bonchev–Trinajstić information content (AvgIpc) is 2.36. The van der Waals surface area contributed by atoms with Crippen LogP contribution in [0, 0.1) is 5.82 Å². The third-order valence-corrected chi connectivity index (χ3v) is 2.72. The van der Waals surface area contributed by atoms with Crippen molar-refractivity contribution in [3.63, 3.8) is 0 Å². The van der Waals surface area contributed by atoms with Gasteiger partial charge in [0.2, 0.25) is 0 Å². The normalized spacial score (nSPS) is 11.8. The summed E-state index contributed by atoms with van der Waals surface area (Å²) in [4.78, 5) is 0. The zero-order valence-corrected chi connectivity index (χ0v) is 11.2. The molecule has 0 radical (unpaired) electrons. The number of nitrogens with one attached hydrogen (secondary N) is 1. The first-order valence-electron chi connectivity index (χ1n) is 6.32. The molecule has 1 N–H and O–H groups in total. The Bertz CT molecular complexity index is 377. The summed E-state index contributed by atoms with van der Waals surface area (Å²) >= 11 is 0. The quantitative estimate of drug-likeness (QED) is 0.566. The topological polar surface area (TPSA) is 21.3 Å². The highest BCUT2D eigenvalue weighted by molar-refractivity contribution is 5.22. The lowest BCUT2D eigenvalue weighted by molar-refractivity contribution is 0.199. The van der Waals surface area contributed by atoms with E-state index in [1.165, 1.54) is 11.6 Å². The number of hydrogen-bond acceptors (Lipinski definition) is 2. The van der Waals surface area contributed by atoms with Crippen molar-refractivity contribution in [1.29, 1.82) is 0 Å². The molecule has 0 fully saturated rings. The fraction of sp³-hybridized carbons (Fsp3) is 0.467. The Kier molecular flexibility index (Phi) is 7.30. The zero-order valence-electron chi connectivity index (χ0n) is 11.2. The van der Waals surface area contributed by atoms with Gasteiger partial charge < -0.3 is 10.1 Å². The Labute approximate surface area is 109 Å². The minimum atomic E-state index is -0.122. The molecule has 18 heavy (non-hydrogen) atoms. The third-order valence-electron chi connectivity index (χ3n) is 2.72. The molecule has 0 amide bonds. The van der Waals surface area contributed by atoms with E-state index in [-0.39, 0.29) is 5.82 Å². The van der Waals surface area contributed by atoms with Gasteiger partial charge in [-0.05, 0) is 37.9 Å². The summed E-state index contributed by atoms with van der Waals surface area (Å²) in [5.41, 5.74) is 1.97. The molecule has 1 aromatic rings. The van der Waals surface area contributed by atoms with E-state index >= 15 is 0 Å². The summed E-state index contributed by atoms with van der Waals surface area (Å²) in [6, 6.07) is 6.94. The molecule has 3 heteroatoms. The van der Waals surface area contributed by atoms with E-state index in [0.717, 1.165) is 31.7 Å². The molecular weight excluding hydrogens is 229 g/mol. The molecule has 0 spiro atoms. The molecule has 1 aromatic carbocycles. The molecule has 0 atom stereocenters. The Balaban J connectivity index is 2.28. The van der Waals surface area contributed by atoms with Gasteiger partial charge in [-0.15, -0.1) is 0 Å². The van der Waals surface area contributed by atoms with Crippen LogP contribution in [0.15, 0.2) is 35.9 Å². The number of halogens is 1. The molecule has 0 aliphatic rings. The fourth-order valence-electron chi connectivity index (χ4n) is 1.73. The van der Waals surface area contributed by atoms with Crippen molar-refractivity contribution < 1.29 is 9.13 Å². The van der Waals surface area contributed by atoms with Crippen molar-refractivity contribution in [2.75, 3.05) is 26.8 Å². The standard InChI is InChI=1S/C15H22FNO/c1-13(6-5-9-17-10-11-18-2)12-14-7-3-4-8-15(14)16/h3-4,6-8,17H,5,9-12H2,1-2H3. The number of rotatable bonds is 8. The average molecular weight is 251 g/mol. The molecule has 0 bridgehead atoms. The second-order valence-corrected chi connectivity index (χ2v) is 4.35. The SMILES string of the molecule is COCCNCCC=C(C)Cc1ccccc1F. The molecule has 0 saturated heterocycles. The fourth-order valence-corrected chi connectivity index (χ4v) is 1.73. The van der Waals surface area contributed by atoms with Crippen LogP contribution in [0.2, 0.25) is 0 Å². The minimum Gasteiger partial charge on any atom is -0.383 e. The molecule has 2 nitrogen and oxygen atoms in total. The maximum Gasteiger partial charge on any atom is 0.126 e. The second-order valence-electron chi connectivity index (χ2n) is 4.35. The van der Waals surface area contributed by atoms with Crippen LogP contribution in [0.1, 0.15) is 18.9 Å². The highest BCUT2D eigenvalue weighted by Gasteiger charge is 2.00. The van der Waals surface area contributed by atoms with Gasteiger partial charge in [0.1, 0.15) is 5.82 Å². The number of hydrogen-bond donors (Lipinski definition) is 1. The summed E-state index contributed by atoms with van der Waals surface area (Å²) in [6.45, 7) is 4.58. The lowest BCUT2D eigenvalue weighted by Gasteiger charge is -2.04. The molecule has 0 heterocycles. The monoisotopic (exact) mass is 251 g/mol. The molecule has 0 aliphatic heterocycles. The van der Waals surface area contributed by atoms with Crippen LogP contribution >= 0.6 is 0 Å². The van der Waals surface area contributed by atoms with E-state index < -0.39 is 0 Å². The van der Waals surface area contributed by atoms with E-state index in [4.69, 9.17) is 4.74 Å². The summed E-state index contributed by atoms with van der Waals surface area (Å²) in [5.74, 6) is -0.122. The Morgan fingerprint density at radius 2 is 2.11 bits per heavy atom. The maximum atomic E-state index is 13.4. The lowest BCUT2D eigenvalue weighted by atomic mass is 10.1. The van der Waals surface area contributed by atoms with E-state index in [0.29, 0.717) is 6.42 Å². The Morgan fingerprint density at radius 3 is 2.83 bits per heavy atom. The van der Waals surface area contributed by atoms with Gasteiger partial charge in [-0.2, -0.15) is 0 Å². The molecule has 0 aromatic heterocycles. The van der Waals surface area contributed by atoms with Crippen LogP contribution in [0.25, 0.3) is 0 Å². The van der Waals surface area contributed by atoms with Crippen LogP contribution in [0.5, 0.6) is 0 Å². The highest BCUT2D eigenvalue weighted by atomic mass is 19.1. The van der Waals surface area contributed by atoms with Crippen LogP contribution < -0.4 is 5.32 Å². The zero-order chi connectivity index (χ0) is 13.2. The molecule has 100 valence electrons. The first kappa shape index (κ1) is 14.9. The Hall–Kier alpha value is -1.19. The lowest BCUT2D eigenvalue weighted by Crippen LogP contribution is -2.19. The summed E-state index contributed by atoms with van der Waals surface area (Å²) in [5, 5.41) is 3.27. The number of methoxy groups -OCH3 is 1. The van der Waals surface area contributed by atoms with Gasteiger partial charge in [-0.1, -0.05) is 29.8 Å². The van der Waals surface area contributed by atoms with Gasteiger partial charge in [0.25, 0.3) is 0 Å². The van der Waals surface area contributed by atoms with Crippen LogP contribution in [-0.2, 0) is 11.2 Å². The molecule has 1 rings (SSSR count). The minimum absolute atomic E-state index is 0.122. The predicted molar refractivity (Wildman–Crippen MR) is 73.2 cm³/mol. The second kappa shape index (κ2) is 8.84. The molecule has 0 unspecified atom stereocenters. The van der Waals surface area contributed by atoms with Crippen molar-refractivity contribution >= 4 is 0 Å². The largest absolute Gasteiger partial charge is 0.383 e. The van der Waals surface area contributed by atoms with E-state index in [2.05, 4.69) is 11.4 Å². The van der Waals surface area contributed by atoms with Crippen molar-refractivity contribution in [3.05, 3.63) is 47.3 Å². The van der Waals surface area contributed by atoms with Gasteiger partial charge >= 0.3 is 0 Å². The van der Waals surface area contributed by atoms with Crippen molar-refractivity contribution in [2.45, 2.75) is 19.8 Å². The summed E-state index contributed by atoms with van der Waals surface area (Å²) in [6.07, 6.45) is 3.81. The smallest absolute Gasteiger partial charge is 0.126 e. The third kappa shape index (κ3) is 5.94. The summed E-state index contributed by atoms with van der Waals surface area (Å²) in [7, 11) is 1.69. The van der Waals surface area contributed by atoms with Crippen LogP contribution in [0.4, 0.5) is 4.39 Å². The van der Waals surface area contributed by atoms with Crippen molar-refractivity contribution in [3.8, 4) is 0 Å². The van der Waals surface area contributed by atoms with Gasteiger partial charge in [0.15, 0.2) is 0 Å². The van der Waals surface area contributed by atoms with Crippen LogP contribution in [0.3, 0.4) is 0 Å². The first-order chi connectivity index (χ1) is 8.74. The number of allylic oxidation sites excluding steroid dienone is 1. The maximum absolute atomic E-state index is 13.4. The van der Waals surface area contributed by atoms with E-state index in [1.54, 1.807) is 13.2 Å². The van der Waals surface area contributed by atoms with Gasteiger partial charge in [0.05, 0.1) is 6.61 Å². The molecule has 0 saturated carbocycles.